The summed E-state index contributed by atoms with van der Waals surface area (Å²) in [7, 11) is 0. The van der Waals surface area contributed by atoms with E-state index < -0.39 is 0 Å². The molecule has 0 bridgehead atoms. The molecule has 1 N–H and O–H groups in total. The van der Waals surface area contributed by atoms with Crippen molar-refractivity contribution in [3.05, 3.63) is 22.4 Å². The van der Waals surface area contributed by atoms with Crippen LogP contribution in [0.5, 0.6) is 0 Å². The van der Waals surface area contributed by atoms with Gasteiger partial charge in [0.25, 0.3) is 5.91 Å². The molecule has 0 saturated carbocycles. The maximum absolute atomic E-state index is 12.2. The zero-order valence-electron chi connectivity index (χ0n) is 9.66. The van der Waals surface area contributed by atoms with Gasteiger partial charge in [0.15, 0.2) is 0 Å². The minimum atomic E-state index is 0.127. The summed E-state index contributed by atoms with van der Waals surface area (Å²) in [5, 5.41) is 0. The van der Waals surface area contributed by atoms with Gasteiger partial charge < -0.3 is 9.88 Å². The highest BCUT2D eigenvalue weighted by molar-refractivity contribution is 9.10. The number of halogens is 1. The van der Waals surface area contributed by atoms with Crippen LogP contribution in [0.2, 0.25) is 0 Å². The first-order valence-electron chi connectivity index (χ1n) is 5.74. The van der Waals surface area contributed by atoms with Gasteiger partial charge in [-0.05, 0) is 40.8 Å². The molecule has 1 aromatic heterocycles. The molecule has 2 heterocycles. The summed E-state index contributed by atoms with van der Waals surface area (Å²) in [5.74, 6) is 0.659. The molecule has 16 heavy (non-hydrogen) atoms. The number of carbonyl (C=O) groups is 1. The van der Waals surface area contributed by atoms with E-state index in [4.69, 9.17) is 0 Å². The lowest BCUT2D eigenvalue weighted by Crippen LogP contribution is -2.38. The van der Waals surface area contributed by atoms with E-state index in [1.165, 1.54) is 0 Å². The van der Waals surface area contributed by atoms with Gasteiger partial charge in [-0.25, -0.2) is 0 Å². The van der Waals surface area contributed by atoms with Gasteiger partial charge in [-0.15, -0.1) is 0 Å². The molecule has 88 valence electrons. The molecule has 1 aliphatic rings. The average Bonchev–Trinajstić information content (AvgIpc) is 2.84. The molecule has 1 aliphatic heterocycles. The highest BCUT2D eigenvalue weighted by atomic mass is 79.9. The van der Waals surface area contributed by atoms with E-state index >= 15 is 0 Å². The van der Waals surface area contributed by atoms with Crippen molar-refractivity contribution >= 4 is 21.8 Å². The van der Waals surface area contributed by atoms with E-state index in [1.807, 2.05) is 11.0 Å². The van der Waals surface area contributed by atoms with Crippen LogP contribution in [0.1, 0.15) is 37.2 Å². The van der Waals surface area contributed by atoms with Gasteiger partial charge in [-0.1, -0.05) is 13.8 Å². The van der Waals surface area contributed by atoms with Gasteiger partial charge in [-0.3, -0.25) is 4.79 Å². The molecule has 0 aromatic carbocycles. The SMILES string of the molecule is CC(C)C1CCCN1C(=O)c1cc(Br)c[nH]1. The fourth-order valence-electron chi connectivity index (χ4n) is 2.38. The molecule has 0 aliphatic carbocycles. The molecular formula is C12H17BrN2O. The summed E-state index contributed by atoms with van der Waals surface area (Å²) < 4.78 is 0.927. The Morgan fingerprint density at radius 3 is 2.94 bits per heavy atom. The van der Waals surface area contributed by atoms with Crippen LogP contribution in [0.3, 0.4) is 0 Å². The Balaban J connectivity index is 2.15. The molecule has 1 unspecified atom stereocenters. The first-order valence-corrected chi connectivity index (χ1v) is 6.54. The summed E-state index contributed by atoms with van der Waals surface area (Å²) in [6.45, 7) is 5.25. The van der Waals surface area contributed by atoms with Crippen molar-refractivity contribution in [2.45, 2.75) is 32.7 Å². The predicted molar refractivity (Wildman–Crippen MR) is 67.4 cm³/mol. The second-order valence-corrected chi connectivity index (χ2v) is 5.60. The molecule has 4 heteroatoms. The van der Waals surface area contributed by atoms with Crippen LogP contribution in [0.15, 0.2) is 16.7 Å². The molecule has 1 amide bonds. The van der Waals surface area contributed by atoms with Crippen molar-refractivity contribution in [3.8, 4) is 0 Å². The normalized spacial score (nSPS) is 20.8. The maximum atomic E-state index is 12.2. The van der Waals surface area contributed by atoms with Crippen molar-refractivity contribution in [1.82, 2.24) is 9.88 Å². The second kappa shape index (κ2) is 4.62. The van der Waals surface area contributed by atoms with Crippen LogP contribution in [-0.4, -0.2) is 28.4 Å². The van der Waals surface area contributed by atoms with E-state index in [0.29, 0.717) is 17.7 Å². The van der Waals surface area contributed by atoms with Gasteiger partial charge in [0.1, 0.15) is 5.69 Å². The summed E-state index contributed by atoms with van der Waals surface area (Å²) in [4.78, 5) is 17.3. The van der Waals surface area contributed by atoms with E-state index in [1.54, 1.807) is 6.20 Å². The molecule has 1 saturated heterocycles. The first-order chi connectivity index (χ1) is 7.59. The van der Waals surface area contributed by atoms with E-state index in [2.05, 4.69) is 34.8 Å². The number of aromatic amines is 1. The Bertz CT molecular complexity index is 386. The first kappa shape index (κ1) is 11.7. The van der Waals surface area contributed by atoms with Crippen LogP contribution in [0.25, 0.3) is 0 Å². The third kappa shape index (κ3) is 2.17. The Kier molecular flexibility index (Phi) is 3.38. The third-order valence-corrected chi connectivity index (χ3v) is 3.67. The molecule has 3 nitrogen and oxygen atoms in total. The summed E-state index contributed by atoms with van der Waals surface area (Å²) in [5.41, 5.74) is 0.680. The zero-order valence-corrected chi connectivity index (χ0v) is 11.3. The fourth-order valence-corrected chi connectivity index (χ4v) is 2.73. The number of hydrogen-bond donors (Lipinski definition) is 1. The quantitative estimate of drug-likeness (QED) is 0.890. The number of aromatic nitrogens is 1. The molecule has 2 rings (SSSR count). The predicted octanol–water partition coefficient (Wildman–Crippen LogP) is 3.04. The minimum Gasteiger partial charge on any atom is -0.356 e. The molecule has 1 atom stereocenters. The van der Waals surface area contributed by atoms with Gasteiger partial charge in [-0.2, -0.15) is 0 Å². The van der Waals surface area contributed by atoms with Crippen LogP contribution < -0.4 is 0 Å². The van der Waals surface area contributed by atoms with E-state index in [9.17, 15) is 4.79 Å². The number of H-pyrrole nitrogens is 1. The lowest BCUT2D eigenvalue weighted by Gasteiger charge is -2.27. The van der Waals surface area contributed by atoms with Crippen molar-refractivity contribution in [2.24, 2.45) is 5.92 Å². The third-order valence-electron chi connectivity index (χ3n) is 3.21. The number of likely N-dealkylation sites (tertiary alicyclic amines) is 1. The van der Waals surface area contributed by atoms with Gasteiger partial charge in [0.2, 0.25) is 0 Å². The number of carbonyl (C=O) groups excluding carboxylic acids is 1. The van der Waals surface area contributed by atoms with Crippen molar-refractivity contribution in [1.29, 1.82) is 0 Å². The zero-order chi connectivity index (χ0) is 11.7. The van der Waals surface area contributed by atoms with Crippen LogP contribution in [0, 0.1) is 5.92 Å². The molecule has 1 fully saturated rings. The highest BCUT2D eigenvalue weighted by Crippen LogP contribution is 2.25. The Morgan fingerprint density at radius 1 is 1.62 bits per heavy atom. The van der Waals surface area contributed by atoms with Gasteiger partial charge in [0.05, 0.1) is 0 Å². The number of nitrogens with one attached hydrogen (secondary N) is 1. The summed E-state index contributed by atoms with van der Waals surface area (Å²) in [6.07, 6.45) is 4.05. The number of nitrogens with zero attached hydrogens (tertiary/aromatic N) is 1. The number of amides is 1. The molecule has 1 aromatic rings. The summed E-state index contributed by atoms with van der Waals surface area (Å²) in [6, 6.07) is 2.24. The molecule has 0 spiro atoms. The highest BCUT2D eigenvalue weighted by Gasteiger charge is 2.31. The van der Waals surface area contributed by atoms with Crippen molar-refractivity contribution in [2.75, 3.05) is 6.54 Å². The van der Waals surface area contributed by atoms with Gasteiger partial charge >= 0.3 is 0 Å². The maximum Gasteiger partial charge on any atom is 0.270 e. The molecular weight excluding hydrogens is 268 g/mol. The molecule has 0 radical (unpaired) electrons. The fraction of sp³-hybridized carbons (Fsp3) is 0.583. The number of hydrogen-bond acceptors (Lipinski definition) is 1. The number of rotatable bonds is 2. The van der Waals surface area contributed by atoms with E-state index in [-0.39, 0.29) is 5.91 Å². The largest absolute Gasteiger partial charge is 0.356 e. The van der Waals surface area contributed by atoms with Crippen molar-refractivity contribution in [3.63, 3.8) is 0 Å². The topological polar surface area (TPSA) is 36.1 Å². The van der Waals surface area contributed by atoms with E-state index in [0.717, 1.165) is 23.9 Å². The lowest BCUT2D eigenvalue weighted by atomic mass is 10.0. The Labute approximate surface area is 104 Å². The standard InChI is InChI=1S/C12H17BrN2O/c1-8(2)11-4-3-5-15(11)12(16)10-6-9(13)7-14-10/h6-8,11,14H,3-5H2,1-2H3. The minimum absolute atomic E-state index is 0.127. The van der Waals surface area contributed by atoms with Crippen LogP contribution >= 0.6 is 15.9 Å². The second-order valence-electron chi connectivity index (χ2n) is 4.68. The lowest BCUT2D eigenvalue weighted by molar-refractivity contribution is 0.0696. The van der Waals surface area contributed by atoms with Crippen LogP contribution in [0.4, 0.5) is 0 Å². The van der Waals surface area contributed by atoms with Crippen LogP contribution in [-0.2, 0) is 0 Å². The average molecular weight is 285 g/mol. The summed E-state index contributed by atoms with van der Waals surface area (Å²) >= 11 is 3.35. The monoisotopic (exact) mass is 284 g/mol. The van der Waals surface area contributed by atoms with Crippen molar-refractivity contribution < 1.29 is 4.79 Å². The Morgan fingerprint density at radius 2 is 2.38 bits per heavy atom. The van der Waals surface area contributed by atoms with Gasteiger partial charge in [0, 0.05) is 23.3 Å². The Hall–Kier alpha value is -0.770. The smallest absolute Gasteiger partial charge is 0.270 e.